The fourth-order valence-corrected chi connectivity index (χ4v) is 3.62. The van der Waals surface area contributed by atoms with Crippen molar-refractivity contribution in [2.24, 2.45) is 7.05 Å². The standard InChI is InChI=1S/C16H13BrN2S/c1-4-10-8-15(20-14(10)5-2)16-18-12-7-6-11(17)9-13(12)19(16)3/h4-9H,1-2H2,3H3. The molecule has 0 N–H and O–H groups in total. The van der Waals surface area contributed by atoms with Crippen LogP contribution in [0.15, 0.2) is 41.9 Å². The van der Waals surface area contributed by atoms with Crippen molar-refractivity contribution < 1.29 is 0 Å². The van der Waals surface area contributed by atoms with Crippen LogP contribution in [0.3, 0.4) is 0 Å². The first-order valence-electron chi connectivity index (χ1n) is 6.15. The molecule has 4 heteroatoms. The minimum atomic E-state index is 0.972. The van der Waals surface area contributed by atoms with Gasteiger partial charge in [0.25, 0.3) is 0 Å². The smallest absolute Gasteiger partial charge is 0.151 e. The number of hydrogen-bond acceptors (Lipinski definition) is 2. The number of aryl methyl sites for hydroxylation is 1. The summed E-state index contributed by atoms with van der Waals surface area (Å²) in [5.74, 6) is 0.972. The summed E-state index contributed by atoms with van der Waals surface area (Å²) >= 11 is 5.19. The second kappa shape index (κ2) is 5.04. The zero-order valence-electron chi connectivity index (χ0n) is 11.1. The maximum Gasteiger partial charge on any atom is 0.151 e. The van der Waals surface area contributed by atoms with Gasteiger partial charge in [0.15, 0.2) is 5.82 Å². The van der Waals surface area contributed by atoms with Crippen LogP contribution in [0.25, 0.3) is 33.9 Å². The molecular formula is C16H13BrN2S. The number of aromatic nitrogens is 2. The monoisotopic (exact) mass is 344 g/mol. The maximum atomic E-state index is 4.73. The quantitative estimate of drug-likeness (QED) is 0.626. The Balaban J connectivity index is 2.24. The Morgan fingerprint density at radius 3 is 2.70 bits per heavy atom. The molecule has 2 nitrogen and oxygen atoms in total. The van der Waals surface area contributed by atoms with Gasteiger partial charge in [-0.25, -0.2) is 4.98 Å². The summed E-state index contributed by atoms with van der Waals surface area (Å²) in [6, 6.07) is 8.24. The van der Waals surface area contributed by atoms with Crippen molar-refractivity contribution in [3.05, 3.63) is 52.3 Å². The first-order chi connectivity index (χ1) is 9.63. The molecule has 0 spiro atoms. The highest BCUT2D eigenvalue weighted by atomic mass is 79.9. The minimum absolute atomic E-state index is 0.972. The fourth-order valence-electron chi connectivity index (χ4n) is 2.23. The number of halogens is 1. The van der Waals surface area contributed by atoms with E-state index >= 15 is 0 Å². The third kappa shape index (κ3) is 2.05. The molecule has 0 aliphatic carbocycles. The molecule has 0 atom stereocenters. The molecule has 0 saturated carbocycles. The van der Waals surface area contributed by atoms with E-state index < -0.39 is 0 Å². The van der Waals surface area contributed by atoms with E-state index in [0.717, 1.165) is 36.6 Å². The van der Waals surface area contributed by atoms with Gasteiger partial charge in [0, 0.05) is 16.4 Å². The molecule has 0 amide bonds. The molecule has 0 saturated heterocycles. The summed E-state index contributed by atoms with van der Waals surface area (Å²) in [5, 5.41) is 0. The largest absolute Gasteiger partial charge is 0.326 e. The molecule has 0 unspecified atom stereocenters. The topological polar surface area (TPSA) is 17.8 Å². The van der Waals surface area contributed by atoms with Crippen molar-refractivity contribution >= 4 is 50.5 Å². The molecule has 2 heterocycles. The molecule has 0 radical (unpaired) electrons. The fraction of sp³-hybridized carbons (Fsp3) is 0.0625. The van der Waals surface area contributed by atoms with Gasteiger partial charge in [-0.2, -0.15) is 0 Å². The summed E-state index contributed by atoms with van der Waals surface area (Å²) in [6.07, 6.45) is 3.72. The Bertz CT molecular complexity index is 801. The van der Waals surface area contributed by atoms with E-state index in [1.54, 1.807) is 11.3 Å². The van der Waals surface area contributed by atoms with Crippen LogP contribution < -0.4 is 0 Å². The van der Waals surface area contributed by atoms with Crippen LogP contribution in [-0.4, -0.2) is 9.55 Å². The molecule has 0 aliphatic heterocycles. The van der Waals surface area contributed by atoms with Crippen LogP contribution >= 0.6 is 27.3 Å². The lowest BCUT2D eigenvalue weighted by molar-refractivity contribution is 0.962. The van der Waals surface area contributed by atoms with Crippen molar-refractivity contribution in [2.75, 3.05) is 0 Å². The second-order valence-electron chi connectivity index (χ2n) is 4.47. The third-order valence-corrected chi connectivity index (χ3v) is 4.90. The Labute approximate surface area is 130 Å². The number of fused-ring (bicyclic) bond motifs is 1. The summed E-state index contributed by atoms with van der Waals surface area (Å²) in [4.78, 5) is 6.99. The molecule has 2 aromatic heterocycles. The first kappa shape index (κ1) is 13.3. The van der Waals surface area contributed by atoms with Crippen LogP contribution in [0.1, 0.15) is 10.4 Å². The van der Waals surface area contributed by atoms with Crippen molar-refractivity contribution in [2.45, 2.75) is 0 Å². The van der Waals surface area contributed by atoms with Gasteiger partial charge in [0.05, 0.1) is 15.9 Å². The maximum absolute atomic E-state index is 4.73. The molecule has 3 aromatic rings. The van der Waals surface area contributed by atoms with E-state index in [-0.39, 0.29) is 0 Å². The van der Waals surface area contributed by atoms with Gasteiger partial charge in [0.1, 0.15) is 0 Å². The van der Waals surface area contributed by atoms with Crippen molar-refractivity contribution in [3.63, 3.8) is 0 Å². The van der Waals surface area contributed by atoms with E-state index in [1.165, 1.54) is 0 Å². The molecule has 20 heavy (non-hydrogen) atoms. The van der Waals surface area contributed by atoms with E-state index in [9.17, 15) is 0 Å². The normalized spacial score (nSPS) is 10.9. The summed E-state index contributed by atoms with van der Waals surface area (Å²) in [7, 11) is 2.04. The number of imidazole rings is 1. The molecule has 0 fully saturated rings. The van der Waals surface area contributed by atoms with Gasteiger partial charge in [-0.15, -0.1) is 11.3 Å². The predicted octanol–water partition coefficient (Wildman–Crippen LogP) is 5.35. The lowest BCUT2D eigenvalue weighted by atomic mass is 10.2. The Morgan fingerprint density at radius 1 is 1.25 bits per heavy atom. The number of thiophene rings is 1. The average Bonchev–Trinajstić information content (AvgIpc) is 3.00. The SMILES string of the molecule is C=Cc1cc(-c2nc3ccc(Br)cc3n2C)sc1C=C. The number of hydrogen-bond donors (Lipinski definition) is 0. The number of benzene rings is 1. The van der Waals surface area contributed by atoms with Crippen LogP contribution in [-0.2, 0) is 7.05 Å². The van der Waals surface area contributed by atoms with Crippen molar-refractivity contribution in [1.29, 1.82) is 0 Å². The van der Waals surface area contributed by atoms with Gasteiger partial charge in [-0.05, 0) is 29.8 Å². The Hall–Kier alpha value is -1.65. The molecule has 0 bridgehead atoms. The molecule has 1 aromatic carbocycles. The lowest BCUT2D eigenvalue weighted by Gasteiger charge is -1.99. The van der Waals surface area contributed by atoms with E-state index in [2.05, 4.69) is 45.8 Å². The van der Waals surface area contributed by atoms with Gasteiger partial charge in [-0.1, -0.05) is 41.2 Å². The highest BCUT2D eigenvalue weighted by Gasteiger charge is 2.13. The summed E-state index contributed by atoms with van der Waals surface area (Å²) < 4.78 is 3.18. The van der Waals surface area contributed by atoms with E-state index in [1.807, 2.05) is 31.3 Å². The summed E-state index contributed by atoms with van der Waals surface area (Å²) in [5.41, 5.74) is 3.22. The molecule has 0 aliphatic rings. The zero-order chi connectivity index (χ0) is 14.3. The van der Waals surface area contributed by atoms with E-state index in [0.29, 0.717) is 0 Å². The second-order valence-corrected chi connectivity index (χ2v) is 6.47. The van der Waals surface area contributed by atoms with Gasteiger partial charge < -0.3 is 4.57 Å². The zero-order valence-corrected chi connectivity index (χ0v) is 13.5. The Morgan fingerprint density at radius 2 is 2.05 bits per heavy atom. The highest BCUT2D eigenvalue weighted by Crippen LogP contribution is 2.34. The minimum Gasteiger partial charge on any atom is -0.326 e. The van der Waals surface area contributed by atoms with Gasteiger partial charge in [-0.3, -0.25) is 0 Å². The lowest BCUT2D eigenvalue weighted by Crippen LogP contribution is -1.90. The van der Waals surface area contributed by atoms with Crippen molar-refractivity contribution in [1.82, 2.24) is 9.55 Å². The number of rotatable bonds is 3. The molecule has 3 rings (SSSR count). The number of nitrogens with zero attached hydrogens (tertiary/aromatic N) is 2. The third-order valence-electron chi connectivity index (χ3n) is 3.26. The van der Waals surface area contributed by atoms with Crippen LogP contribution in [0.4, 0.5) is 0 Å². The van der Waals surface area contributed by atoms with Crippen LogP contribution in [0.5, 0.6) is 0 Å². The van der Waals surface area contributed by atoms with Crippen molar-refractivity contribution in [3.8, 4) is 10.7 Å². The predicted molar refractivity (Wildman–Crippen MR) is 91.9 cm³/mol. The summed E-state index contributed by atoms with van der Waals surface area (Å²) in [6.45, 7) is 7.70. The van der Waals surface area contributed by atoms with E-state index in [4.69, 9.17) is 4.98 Å². The Kier molecular flexibility index (Phi) is 3.36. The highest BCUT2D eigenvalue weighted by molar-refractivity contribution is 9.10. The molecule has 100 valence electrons. The van der Waals surface area contributed by atoms with Crippen LogP contribution in [0.2, 0.25) is 0 Å². The molecular weight excluding hydrogens is 332 g/mol. The first-order valence-corrected chi connectivity index (χ1v) is 7.76. The van der Waals surface area contributed by atoms with Gasteiger partial charge in [0.2, 0.25) is 0 Å². The van der Waals surface area contributed by atoms with Gasteiger partial charge >= 0.3 is 0 Å². The van der Waals surface area contributed by atoms with Crippen LogP contribution in [0, 0.1) is 0 Å². The average molecular weight is 345 g/mol.